The average molecular weight is 225 g/mol. The third kappa shape index (κ3) is 3.21. The molecule has 2 heteroatoms. The van der Waals surface area contributed by atoms with Gasteiger partial charge in [0.05, 0.1) is 6.10 Å². The summed E-state index contributed by atoms with van der Waals surface area (Å²) in [6, 6.07) is 1.52. The van der Waals surface area contributed by atoms with Crippen LogP contribution in [0.3, 0.4) is 0 Å². The van der Waals surface area contributed by atoms with E-state index in [0.29, 0.717) is 6.10 Å². The first-order valence-corrected chi connectivity index (χ1v) is 7.10. The lowest BCUT2D eigenvalue weighted by Crippen LogP contribution is -2.39. The van der Waals surface area contributed by atoms with Crippen LogP contribution in [-0.4, -0.2) is 25.3 Å². The molecule has 2 saturated carbocycles. The van der Waals surface area contributed by atoms with Gasteiger partial charge in [0.1, 0.15) is 0 Å². The molecule has 2 nitrogen and oxygen atoms in total. The topological polar surface area (TPSA) is 21.3 Å². The van der Waals surface area contributed by atoms with Gasteiger partial charge in [0.2, 0.25) is 0 Å². The Bertz CT molecular complexity index is 199. The van der Waals surface area contributed by atoms with Crippen LogP contribution in [0.25, 0.3) is 0 Å². The van der Waals surface area contributed by atoms with E-state index in [-0.39, 0.29) is 0 Å². The minimum absolute atomic E-state index is 0.518. The Morgan fingerprint density at radius 2 is 1.69 bits per heavy atom. The van der Waals surface area contributed by atoms with Crippen LogP contribution in [0.5, 0.6) is 0 Å². The van der Waals surface area contributed by atoms with Crippen molar-refractivity contribution >= 4 is 0 Å². The number of methoxy groups -OCH3 is 1. The van der Waals surface area contributed by atoms with Crippen molar-refractivity contribution in [3.63, 3.8) is 0 Å². The lowest BCUT2D eigenvalue weighted by molar-refractivity contribution is 0.106. The fourth-order valence-electron chi connectivity index (χ4n) is 3.38. The van der Waals surface area contributed by atoms with E-state index in [2.05, 4.69) is 12.2 Å². The molecular weight excluding hydrogens is 198 g/mol. The summed E-state index contributed by atoms with van der Waals surface area (Å²) in [5.41, 5.74) is 0. The molecule has 0 aromatic rings. The SMILES string of the molecule is CCC1CCC(NC2CCC(OC)C2)CC1. The van der Waals surface area contributed by atoms with Crippen molar-refractivity contribution in [2.24, 2.45) is 5.92 Å². The van der Waals surface area contributed by atoms with E-state index in [1.165, 1.54) is 51.4 Å². The van der Waals surface area contributed by atoms with Gasteiger partial charge in [0, 0.05) is 19.2 Å². The molecule has 1 N–H and O–H groups in total. The highest BCUT2D eigenvalue weighted by atomic mass is 16.5. The van der Waals surface area contributed by atoms with Crippen LogP contribution in [0.15, 0.2) is 0 Å². The van der Waals surface area contributed by atoms with Gasteiger partial charge in [0.15, 0.2) is 0 Å². The smallest absolute Gasteiger partial charge is 0.0586 e. The molecule has 94 valence electrons. The summed E-state index contributed by atoms with van der Waals surface area (Å²) < 4.78 is 5.42. The van der Waals surface area contributed by atoms with Gasteiger partial charge >= 0.3 is 0 Å². The highest BCUT2D eigenvalue weighted by Crippen LogP contribution is 2.28. The summed E-state index contributed by atoms with van der Waals surface area (Å²) in [6.45, 7) is 2.33. The summed E-state index contributed by atoms with van der Waals surface area (Å²) in [5, 5.41) is 3.85. The molecule has 2 atom stereocenters. The summed E-state index contributed by atoms with van der Waals surface area (Å²) in [5.74, 6) is 1.01. The van der Waals surface area contributed by atoms with Crippen molar-refractivity contribution < 1.29 is 4.74 Å². The Labute approximate surface area is 100 Å². The first-order chi connectivity index (χ1) is 7.81. The Morgan fingerprint density at radius 1 is 1.00 bits per heavy atom. The van der Waals surface area contributed by atoms with E-state index in [0.717, 1.165) is 18.0 Å². The van der Waals surface area contributed by atoms with Crippen molar-refractivity contribution in [1.29, 1.82) is 0 Å². The van der Waals surface area contributed by atoms with Gasteiger partial charge in [-0.25, -0.2) is 0 Å². The standard InChI is InChI=1S/C14H27NO/c1-3-11-4-6-12(7-5-11)15-13-8-9-14(10-13)16-2/h11-15H,3-10H2,1-2H3. The van der Waals surface area contributed by atoms with Crippen molar-refractivity contribution in [2.75, 3.05) is 7.11 Å². The molecule has 2 rings (SSSR count). The van der Waals surface area contributed by atoms with Crippen LogP contribution in [0.2, 0.25) is 0 Å². The maximum Gasteiger partial charge on any atom is 0.0586 e. The molecule has 2 unspecified atom stereocenters. The Morgan fingerprint density at radius 3 is 2.25 bits per heavy atom. The third-order valence-electron chi connectivity index (χ3n) is 4.61. The summed E-state index contributed by atoms with van der Waals surface area (Å²) >= 11 is 0. The van der Waals surface area contributed by atoms with Crippen molar-refractivity contribution in [1.82, 2.24) is 5.32 Å². The highest BCUT2D eigenvalue weighted by Gasteiger charge is 2.27. The average Bonchev–Trinajstić information content (AvgIpc) is 2.78. The van der Waals surface area contributed by atoms with Gasteiger partial charge in [-0.2, -0.15) is 0 Å². The van der Waals surface area contributed by atoms with Crippen LogP contribution in [-0.2, 0) is 4.74 Å². The molecule has 0 aliphatic heterocycles. The molecule has 2 aliphatic carbocycles. The molecule has 16 heavy (non-hydrogen) atoms. The minimum atomic E-state index is 0.518. The second kappa shape index (κ2) is 6.02. The monoisotopic (exact) mass is 225 g/mol. The molecular formula is C14H27NO. The van der Waals surface area contributed by atoms with Gasteiger partial charge in [-0.1, -0.05) is 13.3 Å². The van der Waals surface area contributed by atoms with E-state index < -0.39 is 0 Å². The second-order valence-electron chi connectivity index (χ2n) is 5.66. The predicted octanol–water partition coefficient (Wildman–Crippen LogP) is 3.11. The van der Waals surface area contributed by atoms with Crippen LogP contribution in [0.4, 0.5) is 0 Å². The van der Waals surface area contributed by atoms with Gasteiger partial charge in [0.25, 0.3) is 0 Å². The summed E-state index contributed by atoms with van der Waals surface area (Å²) in [6.07, 6.45) is 11.4. The maximum atomic E-state index is 5.42. The summed E-state index contributed by atoms with van der Waals surface area (Å²) in [4.78, 5) is 0. The zero-order chi connectivity index (χ0) is 11.4. The predicted molar refractivity (Wildman–Crippen MR) is 67.6 cm³/mol. The lowest BCUT2D eigenvalue weighted by atomic mass is 9.84. The van der Waals surface area contributed by atoms with E-state index in [4.69, 9.17) is 4.74 Å². The minimum Gasteiger partial charge on any atom is -0.381 e. The van der Waals surface area contributed by atoms with Crippen molar-refractivity contribution in [2.45, 2.75) is 76.5 Å². The number of ether oxygens (including phenoxy) is 1. The lowest BCUT2D eigenvalue weighted by Gasteiger charge is -2.30. The number of hydrogen-bond acceptors (Lipinski definition) is 2. The van der Waals surface area contributed by atoms with E-state index in [1.807, 2.05) is 7.11 Å². The molecule has 0 bridgehead atoms. The Hall–Kier alpha value is -0.0800. The first-order valence-electron chi connectivity index (χ1n) is 7.10. The normalized spacial score (nSPS) is 40.1. The van der Waals surface area contributed by atoms with Crippen LogP contribution in [0, 0.1) is 5.92 Å². The molecule has 2 aliphatic rings. The third-order valence-corrected chi connectivity index (χ3v) is 4.61. The van der Waals surface area contributed by atoms with Gasteiger partial charge in [-0.3, -0.25) is 0 Å². The zero-order valence-electron chi connectivity index (χ0n) is 10.9. The van der Waals surface area contributed by atoms with Crippen LogP contribution < -0.4 is 5.32 Å². The van der Waals surface area contributed by atoms with E-state index >= 15 is 0 Å². The second-order valence-corrected chi connectivity index (χ2v) is 5.66. The van der Waals surface area contributed by atoms with Gasteiger partial charge in [-0.05, 0) is 50.9 Å². The summed E-state index contributed by atoms with van der Waals surface area (Å²) in [7, 11) is 1.85. The van der Waals surface area contributed by atoms with Crippen molar-refractivity contribution in [3.8, 4) is 0 Å². The molecule has 0 heterocycles. The first kappa shape index (κ1) is 12.4. The molecule has 0 saturated heterocycles. The van der Waals surface area contributed by atoms with E-state index in [1.54, 1.807) is 0 Å². The number of hydrogen-bond donors (Lipinski definition) is 1. The molecule has 0 spiro atoms. The van der Waals surface area contributed by atoms with E-state index in [9.17, 15) is 0 Å². The van der Waals surface area contributed by atoms with Crippen LogP contribution in [0.1, 0.15) is 58.3 Å². The molecule has 0 aromatic carbocycles. The number of rotatable bonds is 4. The zero-order valence-corrected chi connectivity index (χ0v) is 10.9. The van der Waals surface area contributed by atoms with Gasteiger partial charge < -0.3 is 10.1 Å². The molecule has 0 aromatic heterocycles. The van der Waals surface area contributed by atoms with Crippen LogP contribution >= 0.6 is 0 Å². The molecule has 0 amide bonds. The molecule has 2 fully saturated rings. The maximum absolute atomic E-state index is 5.42. The largest absolute Gasteiger partial charge is 0.381 e. The quantitative estimate of drug-likeness (QED) is 0.794. The van der Waals surface area contributed by atoms with Gasteiger partial charge in [-0.15, -0.1) is 0 Å². The van der Waals surface area contributed by atoms with Crippen molar-refractivity contribution in [3.05, 3.63) is 0 Å². The molecule has 0 radical (unpaired) electrons. The Kier molecular flexibility index (Phi) is 4.66. The fraction of sp³-hybridized carbons (Fsp3) is 1.00. The Balaban J connectivity index is 1.67. The highest BCUT2D eigenvalue weighted by molar-refractivity contribution is 4.86. The fourth-order valence-corrected chi connectivity index (χ4v) is 3.38. The number of nitrogens with one attached hydrogen (secondary N) is 1.